The van der Waals surface area contributed by atoms with Gasteiger partial charge in [-0.25, -0.2) is 0 Å². The van der Waals surface area contributed by atoms with Crippen molar-refractivity contribution in [3.05, 3.63) is 12.3 Å². The second kappa shape index (κ2) is 4.14. The number of hydrogen-bond acceptors (Lipinski definition) is 2. The molecule has 0 aliphatic carbocycles. The van der Waals surface area contributed by atoms with Gasteiger partial charge in [-0.3, -0.25) is 0 Å². The fourth-order valence-corrected chi connectivity index (χ4v) is 0.870. The molecular formula is C11H23NO. The van der Waals surface area contributed by atoms with Gasteiger partial charge in [-0.2, -0.15) is 0 Å². The van der Waals surface area contributed by atoms with Gasteiger partial charge in [0.2, 0.25) is 0 Å². The molecule has 0 amide bonds. The monoisotopic (exact) mass is 185 g/mol. The minimum Gasteiger partial charge on any atom is -0.382 e. The standard InChI is InChI=1S/C11H23NO/c1-9(12-10(2,3)4)8-13-11(5,6)7/h12H,1,8H2,2-7H3. The Morgan fingerprint density at radius 3 is 1.92 bits per heavy atom. The molecule has 0 aliphatic heterocycles. The van der Waals surface area contributed by atoms with Crippen LogP contribution in [0.1, 0.15) is 41.5 Å². The van der Waals surface area contributed by atoms with E-state index in [1.54, 1.807) is 0 Å². The summed E-state index contributed by atoms with van der Waals surface area (Å²) in [5.41, 5.74) is 0.906. The average Bonchev–Trinajstić information content (AvgIpc) is 1.78. The van der Waals surface area contributed by atoms with Crippen molar-refractivity contribution >= 4 is 0 Å². The summed E-state index contributed by atoms with van der Waals surface area (Å²) in [4.78, 5) is 0. The summed E-state index contributed by atoms with van der Waals surface area (Å²) in [5.74, 6) is 0. The van der Waals surface area contributed by atoms with Crippen molar-refractivity contribution in [3.63, 3.8) is 0 Å². The molecule has 0 aromatic heterocycles. The first kappa shape index (κ1) is 12.5. The molecule has 78 valence electrons. The quantitative estimate of drug-likeness (QED) is 0.730. The van der Waals surface area contributed by atoms with E-state index in [9.17, 15) is 0 Å². The molecule has 0 aliphatic rings. The van der Waals surface area contributed by atoms with Gasteiger partial charge in [-0.1, -0.05) is 6.58 Å². The van der Waals surface area contributed by atoms with Gasteiger partial charge in [-0.15, -0.1) is 0 Å². The van der Waals surface area contributed by atoms with E-state index in [1.165, 1.54) is 0 Å². The maximum atomic E-state index is 5.57. The number of nitrogens with one attached hydrogen (secondary N) is 1. The Morgan fingerprint density at radius 1 is 1.15 bits per heavy atom. The van der Waals surface area contributed by atoms with Gasteiger partial charge in [0.05, 0.1) is 12.2 Å². The minimum absolute atomic E-state index is 0.0678. The van der Waals surface area contributed by atoms with Gasteiger partial charge < -0.3 is 10.1 Å². The highest BCUT2D eigenvalue weighted by Crippen LogP contribution is 2.09. The van der Waals surface area contributed by atoms with Gasteiger partial charge in [0.1, 0.15) is 0 Å². The normalized spacial score (nSPS) is 12.8. The summed E-state index contributed by atoms with van der Waals surface area (Å²) in [7, 11) is 0. The van der Waals surface area contributed by atoms with E-state index < -0.39 is 0 Å². The van der Waals surface area contributed by atoms with Crippen LogP contribution in [0.4, 0.5) is 0 Å². The van der Waals surface area contributed by atoms with E-state index in [4.69, 9.17) is 4.74 Å². The molecule has 2 heteroatoms. The molecule has 0 aromatic rings. The Labute approximate surface area is 82.4 Å². The maximum Gasteiger partial charge on any atom is 0.0863 e. The first-order chi connectivity index (χ1) is 5.60. The SMILES string of the molecule is C=C(COC(C)(C)C)NC(C)(C)C. The maximum absolute atomic E-state index is 5.57. The first-order valence-electron chi connectivity index (χ1n) is 4.70. The predicted molar refractivity (Wildman–Crippen MR) is 57.7 cm³/mol. The van der Waals surface area contributed by atoms with Crippen LogP contribution in [-0.4, -0.2) is 17.7 Å². The van der Waals surface area contributed by atoms with Crippen LogP contribution in [0.25, 0.3) is 0 Å². The van der Waals surface area contributed by atoms with Gasteiger partial charge in [0, 0.05) is 11.2 Å². The second-order valence-electron chi connectivity index (χ2n) is 5.38. The molecule has 0 radical (unpaired) electrons. The number of hydrogen-bond donors (Lipinski definition) is 1. The third-order valence-electron chi connectivity index (χ3n) is 1.23. The van der Waals surface area contributed by atoms with Gasteiger partial charge in [0.15, 0.2) is 0 Å². The van der Waals surface area contributed by atoms with Crippen molar-refractivity contribution in [1.82, 2.24) is 5.32 Å². The van der Waals surface area contributed by atoms with E-state index >= 15 is 0 Å². The van der Waals surface area contributed by atoms with Crippen LogP contribution in [0.15, 0.2) is 12.3 Å². The molecule has 2 nitrogen and oxygen atoms in total. The molecule has 0 saturated carbocycles. The molecule has 0 bridgehead atoms. The van der Waals surface area contributed by atoms with Crippen molar-refractivity contribution in [3.8, 4) is 0 Å². The van der Waals surface area contributed by atoms with Gasteiger partial charge in [0.25, 0.3) is 0 Å². The van der Waals surface area contributed by atoms with E-state index in [1.807, 2.05) is 20.8 Å². The Hall–Kier alpha value is -0.500. The Balaban J connectivity index is 3.78. The van der Waals surface area contributed by atoms with E-state index in [0.717, 1.165) is 5.70 Å². The van der Waals surface area contributed by atoms with E-state index in [0.29, 0.717) is 6.61 Å². The summed E-state index contributed by atoms with van der Waals surface area (Å²) in [6, 6.07) is 0. The zero-order valence-electron chi connectivity index (χ0n) is 9.82. The fourth-order valence-electron chi connectivity index (χ4n) is 0.870. The van der Waals surface area contributed by atoms with Crippen LogP contribution < -0.4 is 5.32 Å². The number of ether oxygens (including phenoxy) is 1. The lowest BCUT2D eigenvalue weighted by molar-refractivity contribution is 0.00814. The molecule has 0 heterocycles. The van der Waals surface area contributed by atoms with Gasteiger partial charge in [-0.05, 0) is 41.5 Å². The van der Waals surface area contributed by atoms with Gasteiger partial charge >= 0.3 is 0 Å². The summed E-state index contributed by atoms with van der Waals surface area (Å²) >= 11 is 0. The highest BCUT2D eigenvalue weighted by Gasteiger charge is 2.13. The molecule has 0 unspecified atom stereocenters. The third-order valence-corrected chi connectivity index (χ3v) is 1.23. The lowest BCUT2D eigenvalue weighted by Gasteiger charge is -2.26. The molecule has 0 atom stereocenters. The smallest absolute Gasteiger partial charge is 0.0863 e. The second-order valence-corrected chi connectivity index (χ2v) is 5.38. The summed E-state index contributed by atoms with van der Waals surface area (Å²) < 4.78 is 5.57. The number of rotatable bonds is 3. The highest BCUT2D eigenvalue weighted by atomic mass is 16.5. The van der Waals surface area contributed by atoms with Crippen molar-refractivity contribution in [2.24, 2.45) is 0 Å². The average molecular weight is 185 g/mol. The molecule has 0 aromatic carbocycles. The molecule has 13 heavy (non-hydrogen) atoms. The predicted octanol–water partition coefficient (Wildman–Crippen LogP) is 2.70. The van der Waals surface area contributed by atoms with Crippen molar-refractivity contribution in [2.75, 3.05) is 6.61 Å². The minimum atomic E-state index is -0.0947. The zero-order chi connectivity index (χ0) is 10.7. The molecule has 0 fully saturated rings. The first-order valence-corrected chi connectivity index (χ1v) is 4.70. The van der Waals surface area contributed by atoms with Crippen molar-refractivity contribution in [1.29, 1.82) is 0 Å². The van der Waals surface area contributed by atoms with Crippen LogP contribution in [0.2, 0.25) is 0 Å². The Morgan fingerprint density at radius 2 is 1.62 bits per heavy atom. The lowest BCUT2D eigenvalue weighted by atomic mass is 10.1. The third kappa shape index (κ3) is 9.41. The topological polar surface area (TPSA) is 21.3 Å². The summed E-state index contributed by atoms with van der Waals surface area (Å²) in [6.07, 6.45) is 0. The van der Waals surface area contributed by atoms with E-state index in [-0.39, 0.29) is 11.1 Å². The summed E-state index contributed by atoms with van der Waals surface area (Å²) in [6.45, 7) is 16.9. The van der Waals surface area contributed by atoms with Crippen molar-refractivity contribution in [2.45, 2.75) is 52.7 Å². The lowest BCUT2D eigenvalue weighted by Crippen LogP contribution is -2.37. The fraction of sp³-hybridized carbons (Fsp3) is 0.818. The van der Waals surface area contributed by atoms with Crippen LogP contribution in [0, 0.1) is 0 Å². The van der Waals surface area contributed by atoms with Crippen molar-refractivity contribution < 1.29 is 4.74 Å². The zero-order valence-corrected chi connectivity index (χ0v) is 9.82. The van der Waals surface area contributed by atoms with Crippen LogP contribution in [0.5, 0.6) is 0 Å². The van der Waals surface area contributed by atoms with Crippen LogP contribution in [0.3, 0.4) is 0 Å². The molecule has 0 spiro atoms. The Kier molecular flexibility index (Phi) is 3.98. The van der Waals surface area contributed by atoms with Crippen LogP contribution in [-0.2, 0) is 4.74 Å². The molecule has 1 N–H and O–H groups in total. The highest BCUT2D eigenvalue weighted by molar-refractivity contribution is 4.96. The Bertz CT molecular complexity index is 172. The molecular weight excluding hydrogens is 162 g/mol. The summed E-state index contributed by atoms with van der Waals surface area (Å²) in [5, 5.41) is 3.27. The van der Waals surface area contributed by atoms with Crippen LogP contribution >= 0.6 is 0 Å². The van der Waals surface area contributed by atoms with E-state index in [2.05, 4.69) is 32.7 Å². The molecule has 0 rings (SSSR count). The molecule has 0 saturated heterocycles. The largest absolute Gasteiger partial charge is 0.382 e.